The van der Waals surface area contributed by atoms with Gasteiger partial charge in [-0.2, -0.15) is 4.98 Å². The Hall–Kier alpha value is -3.04. The summed E-state index contributed by atoms with van der Waals surface area (Å²) in [7, 11) is 0. The number of aromatic nitrogens is 3. The van der Waals surface area contributed by atoms with E-state index < -0.39 is 43.8 Å². The van der Waals surface area contributed by atoms with E-state index in [2.05, 4.69) is 20.1 Å². The van der Waals surface area contributed by atoms with E-state index in [1.54, 1.807) is 6.07 Å². The number of hydrogen-bond acceptors (Lipinski definition) is 6. The highest BCUT2D eigenvalue weighted by molar-refractivity contribution is 5.65. The van der Waals surface area contributed by atoms with E-state index in [-0.39, 0.29) is 26.2 Å². The lowest BCUT2D eigenvalue weighted by Gasteiger charge is -2.47. The molecule has 0 saturated carbocycles. The Morgan fingerprint density at radius 2 is 1.81 bits per heavy atom. The van der Waals surface area contributed by atoms with Gasteiger partial charge in [0.15, 0.2) is 0 Å². The van der Waals surface area contributed by atoms with Crippen molar-refractivity contribution in [1.29, 1.82) is 0 Å². The van der Waals surface area contributed by atoms with Crippen LogP contribution >= 0.6 is 0 Å². The maximum absolute atomic E-state index is 13.6. The second kappa shape index (κ2) is 8.24. The Morgan fingerprint density at radius 1 is 1.06 bits per heavy atom. The Bertz CT molecular complexity index is 1370. The second-order valence-electron chi connectivity index (χ2n) is 7.28. The van der Waals surface area contributed by atoms with Crippen molar-refractivity contribution >= 4 is 17.3 Å². The first-order chi connectivity index (χ1) is 18.0. The molecule has 2 fully saturated rings. The van der Waals surface area contributed by atoms with E-state index >= 15 is 0 Å². The molecule has 3 aromatic rings. The van der Waals surface area contributed by atoms with Gasteiger partial charge in [-0.3, -0.25) is 4.90 Å². The monoisotopic (exact) mass is 436 g/mol. The van der Waals surface area contributed by atoms with Crippen LogP contribution in [-0.2, 0) is 4.74 Å². The number of ether oxygens (including phenoxy) is 1. The summed E-state index contributed by atoms with van der Waals surface area (Å²) < 4.78 is 97.4. The number of benzene rings is 2. The molecule has 0 radical (unpaired) electrons. The molecule has 9 heteroatoms. The van der Waals surface area contributed by atoms with Crippen LogP contribution in [0, 0.1) is 18.6 Å². The lowest BCUT2D eigenvalue weighted by Crippen LogP contribution is -2.61. The van der Waals surface area contributed by atoms with Crippen molar-refractivity contribution in [2.45, 2.75) is 13.0 Å². The van der Waals surface area contributed by atoms with Gasteiger partial charge in [0.25, 0.3) is 0 Å². The first-order valence-corrected chi connectivity index (χ1v) is 9.52. The van der Waals surface area contributed by atoms with Crippen LogP contribution in [-0.4, -0.2) is 64.9 Å². The third-order valence-electron chi connectivity index (χ3n) is 4.95. The normalized spacial score (nSPS) is 27.9. The predicted molar refractivity (Wildman–Crippen MR) is 116 cm³/mol. The fourth-order valence-electron chi connectivity index (χ4n) is 3.47. The van der Waals surface area contributed by atoms with E-state index in [1.165, 1.54) is 11.0 Å². The highest BCUT2D eigenvalue weighted by atomic mass is 19.1. The van der Waals surface area contributed by atoms with Crippen molar-refractivity contribution in [3.05, 3.63) is 59.9 Å². The maximum atomic E-state index is 13.6. The van der Waals surface area contributed by atoms with Crippen molar-refractivity contribution in [1.82, 2.24) is 19.7 Å². The van der Waals surface area contributed by atoms with Gasteiger partial charge < -0.3 is 15.0 Å². The number of aryl methyl sites for hydroxylation is 1. The Kier molecular flexibility index (Phi) is 3.38. The van der Waals surface area contributed by atoms with Gasteiger partial charge in [0.05, 0.1) is 24.3 Å². The SMILES string of the molecule is [2H]C1([2H])OC([2H])([2H])C([2H])([2H])N(C2CN(c3cc(C)cc(Nc4ncn(-c5cc(F)cc(F)c5)n4)c3)C2)C1([2H])[2H].[HH]. The topological polar surface area (TPSA) is 58.5 Å². The summed E-state index contributed by atoms with van der Waals surface area (Å²) in [5, 5.41) is 7.23. The number of nitrogens with one attached hydrogen (secondary N) is 1. The summed E-state index contributed by atoms with van der Waals surface area (Å²) >= 11 is 0. The molecule has 0 bridgehead atoms. The Morgan fingerprint density at radius 3 is 2.55 bits per heavy atom. The number of morpholine rings is 1. The third-order valence-corrected chi connectivity index (χ3v) is 4.95. The summed E-state index contributed by atoms with van der Waals surface area (Å²) in [6.07, 6.45) is 1.30. The number of rotatable bonds is 5. The third kappa shape index (κ3) is 4.38. The molecule has 0 amide bonds. The molecule has 5 rings (SSSR count). The zero-order chi connectivity index (χ0) is 28.5. The van der Waals surface area contributed by atoms with Crippen molar-refractivity contribution in [3.8, 4) is 5.69 Å². The van der Waals surface area contributed by atoms with E-state index in [1.807, 2.05) is 24.0 Å². The van der Waals surface area contributed by atoms with Gasteiger partial charge >= 0.3 is 0 Å². The zero-order valence-electron chi connectivity index (χ0n) is 24.4. The Balaban J connectivity index is 0.00000370. The molecule has 2 aliphatic rings. The van der Waals surface area contributed by atoms with E-state index in [0.717, 1.165) is 23.8 Å². The minimum absolute atomic E-state index is 0. The number of halogens is 2. The van der Waals surface area contributed by atoms with Gasteiger partial charge in [0.2, 0.25) is 5.95 Å². The molecule has 164 valence electrons. The van der Waals surface area contributed by atoms with Crippen LogP contribution < -0.4 is 10.2 Å². The predicted octanol–water partition coefficient (Wildman–Crippen LogP) is 3.36. The molecule has 2 aromatic carbocycles. The molecule has 2 saturated heterocycles. The van der Waals surface area contributed by atoms with Crippen LogP contribution in [0.1, 0.15) is 18.0 Å². The summed E-state index contributed by atoms with van der Waals surface area (Å²) in [6, 6.07) is 7.56. The van der Waals surface area contributed by atoms with Crippen LogP contribution in [0.5, 0.6) is 0 Å². The first kappa shape index (κ1) is 12.7. The molecule has 0 aliphatic carbocycles. The molecule has 1 aromatic heterocycles. The fourth-order valence-corrected chi connectivity index (χ4v) is 3.47. The largest absolute Gasteiger partial charge is 0.379 e. The van der Waals surface area contributed by atoms with Crippen LogP contribution in [0.2, 0.25) is 0 Å². The van der Waals surface area contributed by atoms with E-state index in [4.69, 9.17) is 11.0 Å². The minimum atomic E-state index is -3.09. The van der Waals surface area contributed by atoms with Gasteiger partial charge in [-0.15, -0.1) is 5.10 Å². The summed E-state index contributed by atoms with van der Waals surface area (Å²) in [5.41, 5.74) is 2.28. The molecular weight excluding hydrogens is 402 g/mol. The van der Waals surface area contributed by atoms with Crippen LogP contribution in [0.15, 0.2) is 42.7 Å². The van der Waals surface area contributed by atoms with Crippen LogP contribution in [0.4, 0.5) is 26.1 Å². The van der Waals surface area contributed by atoms with E-state index in [9.17, 15) is 8.78 Å². The maximum Gasteiger partial charge on any atom is 0.246 e. The average Bonchev–Trinajstić information content (AvgIpc) is 3.21. The smallest absolute Gasteiger partial charge is 0.246 e. The van der Waals surface area contributed by atoms with Crippen molar-refractivity contribution in [2.75, 3.05) is 49.4 Å². The highest BCUT2D eigenvalue weighted by Gasteiger charge is 2.32. The molecule has 3 heterocycles. The lowest BCUT2D eigenvalue weighted by molar-refractivity contribution is 0.0105. The first-order valence-electron chi connectivity index (χ1n) is 13.5. The Labute approximate surface area is 192 Å². The molecule has 0 atom stereocenters. The number of nitrogens with zero attached hydrogens (tertiary/aromatic N) is 5. The number of anilines is 3. The molecule has 1 N–H and O–H groups in total. The van der Waals surface area contributed by atoms with Crippen LogP contribution in [0.25, 0.3) is 5.69 Å². The van der Waals surface area contributed by atoms with Gasteiger partial charge in [-0.25, -0.2) is 13.5 Å². The highest BCUT2D eigenvalue weighted by Crippen LogP contribution is 2.29. The van der Waals surface area contributed by atoms with Crippen LogP contribution in [0.3, 0.4) is 0 Å². The van der Waals surface area contributed by atoms with Crippen molar-refractivity contribution < 1.29 is 25.9 Å². The molecule has 31 heavy (non-hydrogen) atoms. The average molecular weight is 437 g/mol. The quantitative estimate of drug-likeness (QED) is 0.662. The summed E-state index contributed by atoms with van der Waals surface area (Å²) in [4.78, 5) is 6.54. The summed E-state index contributed by atoms with van der Waals surface area (Å²) in [6.45, 7) is -10.00. The molecular formula is C22H26F2N6O. The van der Waals surface area contributed by atoms with Crippen molar-refractivity contribution in [2.24, 2.45) is 0 Å². The summed E-state index contributed by atoms with van der Waals surface area (Å²) in [5.74, 6) is -1.34. The van der Waals surface area contributed by atoms with Gasteiger partial charge in [-0.05, 0) is 42.8 Å². The van der Waals surface area contributed by atoms with Gasteiger partial charge in [-0.1, -0.05) is 0 Å². The van der Waals surface area contributed by atoms with E-state index in [0.29, 0.717) is 16.3 Å². The minimum Gasteiger partial charge on any atom is -0.379 e. The molecule has 2 aliphatic heterocycles. The molecule has 0 unspecified atom stereocenters. The van der Waals surface area contributed by atoms with Gasteiger partial charge in [0, 0.05) is 56.5 Å². The lowest BCUT2D eigenvalue weighted by atomic mass is 10.0. The second-order valence-corrected chi connectivity index (χ2v) is 7.28. The molecule has 7 nitrogen and oxygen atoms in total. The fraction of sp³-hybridized carbons (Fsp3) is 0.364. The van der Waals surface area contributed by atoms with Gasteiger partial charge in [0.1, 0.15) is 18.0 Å². The molecule has 0 spiro atoms. The standard InChI is InChI=1S/C22H24F2N6O.H2/c1-15-6-18(11-19(7-15)29-12-21(13-29)28-2-4-31-5-3-28)26-22-25-14-30(27-22)20-9-16(23)8-17(24)10-20;/h6-11,14,21H,2-5,12-13H2,1H3,(H,26,27);1H/i2D2,3D2,4D2,5D2;. The van der Waals surface area contributed by atoms with Crippen molar-refractivity contribution in [3.63, 3.8) is 0 Å². The number of hydrogen-bond donors (Lipinski definition) is 1. The zero-order valence-corrected chi connectivity index (χ0v) is 16.4.